The van der Waals surface area contributed by atoms with Crippen LogP contribution in [0, 0.1) is 6.92 Å². The van der Waals surface area contributed by atoms with Gasteiger partial charge in [-0.05, 0) is 30.7 Å². The Morgan fingerprint density at radius 2 is 1.85 bits per heavy atom. The van der Waals surface area contributed by atoms with Crippen molar-refractivity contribution >= 4 is 17.3 Å². The maximum Gasteiger partial charge on any atom is 0.179 e. The van der Waals surface area contributed by atoms with Crippen LogP contribution in [0.5, 0.6) is 11.5 Å². The molecule has 4 rings (SSSR count). The van der Waals surface area contributed by atoms with Crippen molar-refractivity contribution in [3.63, 3.8) is 0 Å². The third kappa shape index (κ3) is 3.76. The summed E-state index contributed by atoms with van der Waals surface area (Å²) in [7, 11) is 0. The highest BCUT2D eigenvalue weighted by atomic mass is 35.5. The Morgan fingerprint density at radius 1 is 1.08 bits per heavy atom. The molecule has 0 bridgehead atoms. The van der Waals surface area contributed by atoms with E-state index in [-0.39, 0.29) is 0 Å². The number of nitrogens with one attached hydrogen (secondary N) is 1. The molecular weight excluding hydrogens is 348 g/mol. The van der Waals surface area contributed by atoms with E-state index in [0.717, 1.165) is 44.9 Å². The minimum Gasteiger partial charge on any atom is -0.489 e. The Hall–Kier alpha value is -1.91. The highest BCUT2D eigenvalue weighted by Crippen LogP contribution is 2.37. The van der Waals surface area contributed by atoms with E-state index in [1.54, 1.807) is 4.90 Å². The zero-order chi connectivity index (χ0) is 17.9. The number of fused-ring (bicyclic) bond motifs is 1. The monoisotopic (exact) mass is 373 g/mol. The van der Waals surface area contributed by atoms with Gasteiger partial charge in [-0.25, -0.2) is 0 Å². The van der Waals surface area contributed by atoms with Gasteiger partial charge < -0.3 is 19.3 Å². The molecule has 0 saturated carbocycles. The minimum absolute atomic E-state index is 0.664. The van der Waals surface area contributed by atoms with Gasteiger partial charge in [0.1, 0.15) is 6.54 Å². The summed E-state index contributed by atoms with van der Waals surface area (Å²) in [5.41, 5.74) is 3.94. The van der Waals surface area contributed by atoms with Crippen LogP contribution < -0.4 is 19.3 Å². The topological polar surface area (TPSA) is 26.1 Å². The van der Waals surface area contributed by atoms with E-state index < -0.39 is 0 Å². The number of anilines is 1. The van der Waals surface area contributed by atoms with Crippen LogP contribution >= 0.6 is 11.6 Å². The normalized spacial score (nSPS) is 17.8. The van der Waals surface area contributed by atoms with E-state index in [2.05, 4.69) is 42.2 Å². The van der Waals surface area contributed by atoms with Crippen LogP contribution in [-0.4, -0.2) is 39.4 Å². The lowest BCUT2D eigenvalue weighted by atomic mass is 10.1. The molecule has 0 spiro atoms. The second-order valence-electron chi connectivity index (χ2n) is 7.16. The number of aryl methyl sites for hydroxylation is 1. The summed E-state index contributed by atoms with van der Waals surface area (Å²) in [5, 5.41) is 0.664. The van der Waals surface area contributed by atoms with Crippen molar-refractivity contribution in [1.29, 1.82) is 0 Å². The fraction of sp³-hybridized carbons (Fsp3) is 0.429. The van der Waals surface area contributed by atoms with E-state index >= 15 is 0 Å². The average Bonchev–Trinajstić information content (AvgIpc) is 2.89. The lowest BCUT2D eigenvalue weighted by Gasteiger charge is -2.34. The van der Waals surface area contributed by atoms with Gasteiger partial charge in [0.15, 0.2) is 11.5 Å². The number of hydrogen-bond acceptors (Lipinski definition) is 3. The van der Waals surface area contributed by atoms with Gasteiger partial charge in [-0.2, -0.15) is 0 Å². The third-order valence-corrected chi connectivity index (χ3v) is 5.52. The van der Waals surface area contributed by atoms with Gasteiger partial charge >= 0.3 is 0 Å². The fourth-order valence-corrected chi connectivity index (χ4v) is 4.12. The molecule has 2 aliphatic heterocycles. The zero-order valence-electron chi connectivity index (χ0n) is 15.3. The van der Waals surface area contributed by atoms with Gasteiger partial charge in [0, 0.05) is 17.7 Å². The summed E-state index contributed by atoms with van der Waals surface area (Å²) in [6.45, 7) is 8.93. The molecular formula is C21H26ClN2O2+. The van der Waals surface area contributed by atoms with Gasteiger partial charge in [-0.3, -0.25) is 0 Å². The van der Waals surface area contributed by atoms with Crippen molar-refractivity contribution in [2.75, 3.05) is 44.3 Å². The van der Waals surface area contributed by atoms with E-state index in [1.807, 2.05) is 6.07 Å². The standard InChI is InChI=1S/C21H25ClN2O2/c1-16-5-2-3-6-19(16)24-9-7-23(8-10-24)15-17-13-18(22)21-20(14-17)25-11-4-12-26-21/h2-3,5-6,13-14H,4,7-12,15H2,1H3/p+1. The molecule has 138 valence electrons. The maximum absolute atomic E-state index is 6.44. The molecule has 2 heterocycles. The average molecular weight is 374 g/mol. The molecule has 2 aromatic rings. The molecule has 0 radical (unpaired) electrons. The van der Waals surface area contributed by atoms with Crippen LogP contribution in [0.4, 0.5) is 5.69 Å². The number of para-hydroxylation sites is 1. The van der Waals surface area contributed by atoms with Crippen LogP contribution in [0.3, 0.4) is 0 Å². The van der Waals surface area contributed by atoms with Crippen molar-refractivity contribution in [3.8, 4) is 11.5 Å². The number of nitrogens with zero attached hydrogens (tertiary/aromatic N) is 1. The molecule has 0 unspecified atom stereocenters. The molecule has 4 nitrogen and oxygen atoms in total. The first-order valence-corrected chi connectivity index (χ1v) is 9.80. The SMILES string of the molecule is Cc1ccccc1N1CC[NH+](Cc2cc(Cl)c3c(c2)OCCCO3)CC1. The summed E-state index contributed by atoms with van der Waals surface area (Å²) in [5.74, 6) is 1.50. The number of ether oxygens (including phenoxy) is 2. The van der Waals surface area contributed by atoms with Gasteiger partial charge in [0.25, 0.3) is 0 Å². The Bertz CT molecular complexity index is 773. The van der Waals surface area contributed by atoms with Crippen molar-refractivity contribution in [2.24, 2.45) is 0 Å². The van der Waals surface area contributed by atoms with Crippen LogP contribution in [0.15, 0.2) is 36.4 Å². The maximum atomic E-state index is 6.44. The molecule has 2 aromatic carbocycles. The summed E-state index contributed by atoms with van der Waals surface area (Å²) >= 11 is 6.44. The van der Waals surface area contributed by atoms with Crippen molar-refractivity contribution in [2.45, 2.75) is 19.9 Å². The second-order valence-corrected chi connectivity index (χ2v) is 7.56. The number of piperazine rings is 1. The van der Waals surface area contributed by atoms with Gasteiger partial charge in [-0.15, -0.1) is 0 Å². The summed E-state index contributed by atoms with van der Waals surface area (Å²) in [6.07, 6.45) is 0.895. The molecule has 0 aromatic heterocycles. The summed E-state index contributed by atoms with van der Waals surface area (Å²) in [6, 6.07) is 12.8. The largest absolute Gasteiger partial charge is 0.489 e. The molecule has 1 fully saturated rings. The Balaban J connectivity index is 1.41. The van der Waals surface area contributed by atoms with Gasteiger partial charge in [0.05, 0.1) is 44.4 Å². The summed E-state index contributed by atoms with van der Waals surface area (Å²) < 4.78 is 11.5. The molecule has 1 saturated heterocycles. The van der Waals surface area contributed by atoms with Crippen LogP contribution in [0.1, 0.15) is 17.5 Å². The second kappa shape index (κ2) is 7.77. The number of benzene rings is 2. The number of halogens is 1. The molecule has 0 aliphatic carbocycles. The molecule has 5 heteroatoms. The predicted molar refractivity (Wildman–Crippen MR) is 105 cm³/mol. The first kappa shape index (κ1) is 17.5. The van der Waals surface area contributed by atoms with E-state index in [0.29, 0.717) is 24.0 Å². The molecule has 0 atom stereocenters. The quantitative estimate of drug-likeness (QED) is 0.896. The first-order valence-electron chi connectivity index (χ1n) is 9.43. The fourth-order valence-electron chi connectivity index (χ4n) is 3.83. The van der Waals surface area contributed by atoms with E-state index in [9.17, 15) is 0 Å². The highest BCUT2D eigenvalue weighted by molar-refractivity contribution is 6.32. The van der Waals surface area contributed by atoms with Crippen molar-refractivity contribution in [1.82, 2.24) is 0 Å². The Kier molecular flexibility index (Phi) is 5.23. The van der Waals surface area contributed by atoms with Crippen LogP contribution in [0.2, 0.25) is 5.02 Å². The number of hydrogen-bond donors (Lipinski definition) is 1. The Labute approximate surface area is 160 Å². The number of quaternary nitrogens is 1. The zero-order valence-corrected chi connectivity index (χ0v) is 16.0. The van der Waals surface area contributed by atoms with E-state index in [1.165, 1.54) is 16.8 Å². The first-order chi connectivity index (χ1) is 12.7. The third-order valence-electron chi connectivity index (χ3n) is 5.24. The lowest BCUT2D eigenvalue weighted by Crippen LogP contribution is -3.13. The predicted octanol–water partition coefficient (Wildman–Crippen LogP) is 2.71. The molecule has 1 N–H and O–H groups in total. The van der Waals surface area contributed by atoms with Gasteiger partial charge in [0.2, 0.25) is 0 Å². The Morgan fingerprint density at radius 3 is 2.65 bits per heavy atom. The molecule has 26 heavy (non-hydrogen) atoms. The lowest BCUT2D eigenvalue weighted by molar-refractivity contribution is -0.914. The highest BCUT2D eigenvalue weighted by Gasteiger charge is 2.23. The number of rotatable bonds is 3. The molecule has 2 aliphatic rings. The van der Waals surface area contributed by atoms with Gasteiger partial charge in [-0.1, -0.05) is 29.8 Å². The van der Waals surface area contributed by atoms with Crippen molar-refractivity contribution in [3.05, 3.63) is 52.5 Å². The molecule has 0 amide bonds. The van der Waals surface area contributed by atoms with Crippen LogP contribution in [0.25, 0.3) is 0 Å². The smallest absolute Gasteiger partial charge is 0.179 e. The summed E-state index contributed by atoms with van der Waals surface area (Å²) in [4.78, 5) is 4.08. The van der Waals surface area contributed by atoms with Crippen molar-refractivity contribution < 1.29 is 14.4 Å². The van der Waals surface area contributed by atoms with Crippen LogP contribution in [-0.2, 0) is 6.54 Å². The van der Waals surface area contributed by atoms with E-state index in [4.69, 9.17) is 21.1 Å². The minimum atomic E-state index is 0.664.